The van der Waals surface area contributed by atoms with Crippen molar-refractivity contribution in [2.75, 3.05) is 18.0 Å². The van der Waals surface area contributed by atoms with Gasteiger partial charge in [-0.2, -0.15) is 5.10 Å². The summed E-state index contributed by atoms with van der Waals surface area (Å²) < 4.78 is 7.59. The van der Waals surface area contributed by atoms with E-state index < -0.39 is 0 Å². The zero-order valence-corrected chi connectivity index (χ0v) is 19.1. The van der Waals surface area contributed by atoms with Crippen LogP contribution in [0, 0.1) is 10.5 Å². The quantitative estimate of drug-likeness (QED) is 0.266. The Kier molecular flexibility index (Phi) is 5.73. The summed E-state index contributed by atoms with van der Waals surface area (Å²) in [6.45, 7) is 4.30. The van der Waals surface area contributed by atoms with Crippen LogP contribution < -0.4 is 10.3 Å². The summed E-state index contributed by atoms with van der Waals surface area (Å²) in [6, 6.07) is 11.9. The lowest BCUT2D eigenvalue weighted by atomic mass is 10.1. The molecule has 0 spiro atoms. The topological polar surface area (TPSA) is 57.8 Å². The Morgan fingerprint density at radius 2 is 2.04 bits per heavy atom. The summed E-state index contributed by atoms with van der Waals surface area (Å²) in [5, 5.41) is 4.98. The minimum Gasteiger partial charge on any atom is -0.450 e. The maximum atomic E-state index is 12.4. The molecule has 0 atom stereocenters. The number of nitrogens with one attached hydrogen (secondary N) is 1. The predicted molar refractivity (Wildman–Crippen MR) is 124 cm³/mol. The minimum atomic E-state index is -0.370. The highest BCUT2D eigenvalue weighted by atomic mass is 127. The molecule has 1 aliphatic heterocycles. The standard InChI is InChI=1S/C21H19BrIN3O2/c1-13-8-17(26-6-2-3-7-26)5-4-14(13)12-24-25-21(27)19-10-15-9-16(22)11-18(23)20(15)28-19/h4-5,8-12H,2-3,6-7H2,1H3,(H,25,27). The molecule has 0 aliphatic carbocycles. The maximum Gasteiger partial charge on any atom is 0.307 e. The van der Waals surface area contributed by atoms with E-state index in [1.165, 1.54) is 18.5 Å². The fourth-order valence-electron chi connectivity index (χ4n) is 3.38. The van der Waals surface area contributed by atoms with E-state index in [9.17, 15) is 4.79 Å². The molecule has 1 aromatic heterocycles. The van der Waals surface area contributed by atoms with Gasteiger partial charge in [-0.1, -0.05) is 22.0 Å². The molecule has 2 aromatic carbocycles. The van der Waals surface area contributed by atoms with Gasteiger partial charge in [0.2, 0.25) is 0 Å². The van der Waals surface area contributed by atoms with Gasteiger partial charge in [-0.15, -0.1) is 0 Å². The number of amides is 1. The van der Waals surface area contributed by atoms with Crippen LogP contribution in [0.1, 0.15) is 34.5 Å². The molecule has 0 radical (unpaired) electrons. The van der Waals surface area contributed by atoms with Gasteiger partial charge in [0.25, 0.3) is 0 Å². The molecule has 1 fully saturated rings. The van der Waals surface area contributed by atoms with Gasteiger partial charge in [-0.3, -0.25) is 4.79 Å². The molecular weight excluding hydrogens is 533 g/mol. The molecular formula is C21H19BrIN3O2. The van der Waals surface area contributed by atoms with E-state index >= 15 is 0 Å². The van der Waals surface area contributed by atoms with Gasteiger partial charge in [0.1, 0.15) is 5.58 Å². The van der Waals surface area contributed by atoms with Crippen LogP contribution in [-0.2, 0) is 0 Å². The van der Waals surface area contributed by atoms with Crippen LogP contribution in [-0.4, -0.2) is 25.2 Å². The SMILES string of the molecule is Cc1cc(N2CCCC2)ccc1C=NNC(=O)c1cc2cc(Br)cc(I)c2o1. The number of hydrazone groups is 1. The van der Waals surface area contributed by atoms with E-state index in [0.717, 1.165) is 37.6 Å². The molecule has 28 heavy (non-hydrogen) atoms. The van der Waals surface area contributed by atoms with Gasteiger partial charge in [0.15, 0.2) is 5.76 Å². The van der Waals surface area contributed by atoms with E-state index in [0.29, 0.717) is 5.58 Å². The van der Waals surface area contributed by atoms with Crippen molar-refractivity contribution in [1.82, 2.24) is 5.43 Å². The van der Waals surface area contributed by atoms with Gasteiger partial charge in [-0.05, 0) is 83.8 Å². The number of carbonyl (C=O) groups excluding carboxylic acids is 1. The monoisotopic (exact) mass is 551 g/mol. The van der Waals surface area contributed by atoms with E-state index in [2.05, 4.69) is 73.0 Å². The lowest BCUT2D eigenvalue weighted by molar-refractivity contribution is 0.0929. The Balaban J connectivity index is 1.46. The van der Waals surface area contributed by atoms with Crippen LogP contribution >= 0.6 is 38.5 Å². The van der Waals surface area contributed by atoms with Gasteiger partial charge >= 0.3 is 5.91 Å². The van der Waals surface area contributed by atoms with E-state index in [1.54, 1.807) is 12.3 Å². The van der Waals surface area contributed by atoms with Gasteiger partial charge in [0.05, 0.1) is 9.78 Å². The van der Waals surface area contributed by atoms with E-state index in [1.807, 2.05) is 18.2 Å². The fraction of sp³-hybridized carbons (Fsp3) is 0.238. The first-order chi connectivity index (χ1) is 13.5. The summed E-state index contributed by atoms with van der Waals surface area (Å²) in [4.78, 5) is 14.8. The summed E-state index contributed by atoms with van der Waals surface area (Å²) in [5.74, 6) is -0.130. The third-order valence-electron chi connectivity index (χ3n) is 4.85. The van der Waals surface area contributed by atoms with Crippen LogP contribution in [0.5, 0.6) is 0 Å². The van der Waals surface area contributed by atoms with Gasteiger partial charge in [-0.25, -0.2) is 5.43 Å². The lowest BCUT2D eigenvalue weighted by Crippen LogP contribution is -2.18. The summed E-state index contributed by atoms with van der Waals surface area (Å²) in [6.07, 6.45) is 4.18. The third kappa shape index (κ3) is 4.10. The number of hydrogen-bond donors (Lipinski definition) is 1. The predicted octanol–water partition coefficient (Wildman–Crippen LogP) is 5.47. The van der Waals surface area contributed by atoms with Crippen molar-refractivity contribution in [3.05, 3.63) is 61.3 Å². The highest BCUT2D eigenvalue weighted by molar-refractivity contribution is 14.1. The Labute approximate surface area is 185 Å². The Morgan fingerprint density at radius 3 is 2.79 bits per heavy atom. The van der Waals surface area contributed by atoms with E-state index in [-0.39, 0.29) is 11.7 Å². The number of benzene rings is 2. The molecule has 0 saturated carbocycles. The molecule has 1 amide bonds. The molecule has 7 heteroatoms. The number of furan rings is 1. The average Bonchev–Trinajstić information content (AvgIpc) is 3.32. The second kappa shape index (κ2) is 8.24. The van der Waals surface area contributed by atoms with Crippen LogP contribution in [0.4, 0.5) is 5.69 Å². The molecule has 1 saturated heterocycles. The van der Waals surface area contributed by atoms with Crippen LogP contribution in [0.25, 0.3) is 11.0 Å². The molecule has 0 unspecified atom stereocenters. The second-order valence-electron chi connectivity index (χ2n) is 6.85. The van der Waals surface area contributed by atoms with Crippen molar-refractivity contribution in [2.45, 2.75) is 19.8 Å². The maximum absolute atomic E-state index is 12.4. The number of nitrogens with zero attached hydrogens (tertiary/aromatic N) is 2. The first-order valence-electron chi connectivity index (χ1n) is 9.09. The van der Waals surface area contributed by atoms with Crippen molar-refractivity contribution in [3.8, 4) is 0 Å². The summed E-state index contributed by atoms with van der Waals surface area (Å²) in [5.41, 5.74) is 6.61. The minimum absolute atomic E-state index is 0.240. The Morgan fingerprint density at radius 1 is 1.25 bits per heavy atom. The summed E-state index contributed by atoms with van der Waals surface area (Å²) >= 11 is 5.65. The average molecular weight is 552 g/mol. The van der Waals surface area contributed by atoms with Gasteiger partial charge in [0, 0.05) is 28.6 Å². The number of anilines is 1. The zero-order chi connectivity index (χ0) is 19.7. The first kappa shape index (κ1) is 19.4. The number of hydrogen-bond acceptors (Lipinski definition) is 4. The molecule has 3 aromatic rings. The number of fused-ring (bicyclic) bond motifs is 1. The van der Waals surface area contributed by atoms with Gasteiger partial charge < -0.3 is 9.32 Å². The lowest BCUT2D eigenvalue weighted by Gasteiger charge is -2.18. The van der Waals surface area contributed by atoms with Crippen molar-refractivity contribution in [2.24, 2.45) is 5.10 Å². The van der Waals surface area contributed by atoms with Crippen molar-refractivity contribution < 1.29 is 9.21 Å². The number of halogens is 2. The highest BCUT2D eigenvalue weighted by Gasteiger charge is 2.15. The van der Waals surface area contributed by atoms with Crippen molar-refractivity contribution in [3.63, 3.8) is 0 Å². The number of rotatable bonds is 4. The molecule has 144 valence electrons. The van der Waals surface area contributed by atoms with Crippen LogP contribution in [0.2, 0.25) is 0 Å². The molecule has 1 N–H and O–H groups in total. The molecule has 5 nitrogen and oxygen atoms in total. The highest BCUT2D eigenvalue weighted by Crippen LogP contribution is 2.28. The Hall–Kier alpha value is -1.87. The fourth-order valence-corrected chi connectivity index (χ4v) is 5.04. The zero-order valence-electron chi connectivity index (χ0n) is 15.3. The molecule has 1 aliphatic rings. The first-order valence-corrected chi connectivity index (χ1v) is 11.0. The van der Waals surface area contributed by atoms with Crippen LogP contribution in [0.15, 0.2) is 50.4 Å². The van der Waals surface area contributed by atoms with E-state index in [4.69, 9.17) is 4.42 Å². The van der Waals surface area contributed by atoms with Crippen LogP contribution in [0.3, 0.4) is 0 Å². The molecule has 4 rings (SSSR count). The Bertz CT molecular complexity index is 1070. The van der Waals surface area contributed by atoms with Crippen molar-refractivity contribution >= 4 is 67.3 Å². The molecule has 2 heterocycles. The third-order valence-corrected chi connectivity index (χ3v) is 6.11. The van der Waals surface area contributed by atoms with Crippen molar-refractivity contribution in [1.29, 1.82) is 0 Å². The smallest absolute Gasteiger partial charge is 0.307 e. The summed E-state index contributed by atoms with van der Waals surface area (Å²) in [7, 11) is 0. The molecule has 0 bridgehead atoms. The normalized spacial score (nSPS) is 14.3. The second-order valence-corrected chi connectivity index (χ2v) is 8.93. The number of carbonyl (C=O) groups is 1. The largest absolute Gasteiger partial charge is 0.450 e. The number of aryl methyl sites for hydroxylation is 1.